The van der Waals surface area contributed by atoms with Crippen LogP contribution in [0.3, 0.4) is 0 Å². The highest BCUT2D eigenvalue weighted by Gasteiger charge is 2.14. The van der Waals surface area contributed by atoms with Gasteiger partial charge in [0.2, 0.25) is 6.79 Å². The predicted octanol–water partition coefficient (Wildman–Crippen LogP) is 2.60. The zero-order valence-corrected chi connectivity index (χ0v) is 19.1. The molecule has 0 saturated heterocycles. The molecule has 1 aliphatic heterocycles. The fraction of sp³-hybridized carbons (Fsp3) is 0.217. The molecule has 3 aromatic rings. The van der Waals surface area contributed by atoms with E-state index in [0.717, 1.165) is 28.2 Å². The highest BCUT2D eigenvalue weighted by molar-refractivity contribution is 6.35. The van der Waals surface area contributed by atoms with Crippen LogP contribution in [0.5, 0.6) is 23.0 Å². The van der Waals surface area contributed by atoms with Crippen molar-refractivity contribution in [2.75, 3.05) is 13.9 Å². The fourth-order valence-corrected chi connectivity index (χ4v) is 3.67. The van der Waals surface area contributed by atoms with E-state index in [9.17, 15) is 0 Å². The third-order valence-electron chi connectivity index (χ3n) is 4.75. The number of benzene rings is 3. The van der Waals surface area contributed by atoms with E-state index in [1.807, 2.05) is 42.5 Å². The normalized spacial score (nSPS) is 11.7. The Morgan fingerprint density at radius 1 is 0.935 bits per heavy atom. The van der Waals surface area contributed by atoms with Crippen LogP contribution >= 0.6 is 23.2 Å². The van der Waals surface area contributed by atoms with E-state index in [1.54, 1.807) is 19.2 Å². The summed E-state index contributed by atoms with van der Waals surface area (Å²) in [7, 11) is 1.63. The first-order chi connectivity index (χ1) is 14.6. The van der Waals surface area contributed by atoms with E-state index in [-0.39, 0.29) is 19.2 Å². The van der Waals surface area contributed by atoms with Gasteiger partial charge in [0.15, 0.2) is 23.0 Å². The molecule has 0 aliphatic carbocycles. The summed E-state index contributed by atoms with van der Waals surface area (Å²) < 4.78 is 22.4. The summed E-state index contributed by atoms with van der Waals surface area (Å²) in [5.74, 6) is 2.91. The lowest BCUT2D eigenvalue weighted by molar-refractivity contribution is -0.00000793. The van der Waals surface area contributed by atoms with Crippen molar-refractivity contribution in [1.29, 1.82) is 0 Å². The molecule has 1 aliphatic rings. The van der Waals surface area contributed by atoms with Crippen LogP contribution in [0.1, 0.15) is 16.7 Å². The van der Waals surface area contributed by atoms with Gasteiger partial charge in [-0.15, -0.1) is 0 Å². The van der Waals surface area contributed by atoms with Crippen molar-refractivity contribution in [3.63, 3.8) is 0 Å². The first-order valence-electron chi connectivity index (χ1n) is 9.46. The summed E-state index contributed by atoms with van der Waals surface area (Å²) >= 11 is 12.3. The van der Waals surface area contributed by atoms with Crippen LogP contribution < -0.4 is 36.7 Å². The average molecular weight is 482 g/mol. The van der Waals surface area contributed by atoms with Crippen LogP contribution in [0, 0.1) is 0 Å². The summed E-state index contributed by atoms with van der Waals surface area (Å²) in [5, 5.41) is 4.60. The number of hydrogen-bond donors (Lipinski definition) is 1. The van der Waals surface area contributed by atoms with E-state index < -0.39 is 0 Å². The molecule has 0 fully saturated rings. The highest BCUT2D eigenvalue weighted by Crippen LogP contribution is 2.34. The molecular formula is C23H21Cl3NO4-. The molecule has 0 saturated carbocycles. The fourth-order valence-electron chi connectivity index (χ4n) is 3.21. The van der Waals surface area contributed by atoms with E-state index in [4.69, 9.17) is 42.1 Å². The van der Waals surface area contributed by atoms with Crippen molar-refractivity contribution in [3.05, 3.63) is 81.3 Å². The zero-order valence-electron chi connectivity index (χ0n) is 16.8. The van der Waals surface area contributed by atoms with Crippen LogP contribution in [0.2, 0.25) is 10.0 Å². The molecule has 3 aromatic carbocycles. The molecule has 31 heavy (non-hydrogen) atoms. The molecule has 0 unspecified atom stereocenters. The molecule has 4 rings (SSSR count). The maximum Gasteiger partial charge on any atom is 0.231 e. The quantitative estimate of drug-likeness (QED) is 0.536. The first-order valence-corrected chi connectivity index (χ1v) is 10.2. The van der Waals surface area contributed by atoms with Gasteiger partial charge in [-0.2, -0.15) is 0 Å². The van der Waals surface area contributed by atoms with Crippen LogP contribution in [0.15, 0.2) is 54.6 Å². The predicted molar refractivity (Wildman–Crippen MR) is 117 cm³/mol. The Bertz CT molecular complexity index is 1050. The summed E-state index contributed by atoms with van der Waals surface area (Å²) in [4.78, 5) is 0. The van der Waals surface area contributed by atoms with Crippen LogP contribution in [0.25, 0.3) is 0 Å². The van der Waals surface area contributed by atoms with Gasteiger partial charge in [-0.3, -0.25) is 0 Å². The van der Waals surface area contributed by atoms with Gasteiger partial charge in [0.1, 0.15) is 6.61 Å². The molecule has 0 radical (unpaired) electrons. The van der Waals surface area contributed by atoms with Crippen molar-refractivity contribution < 1.29 is 31.4 Å². The Kier molecular flexibility index (Phi) is 8.15. The van der Waals surface area contributed by atoms with E-state index >= 15 is 0 Å². The SMILES string of the molecule is COc1cccc(CNCc2ccc3c(c2)OCO3)c1OCc1ccc(Cl)cc1Cl.[Cl-]. The summed E-state index contributed by atoms with van der Waals surface area (Å²) in [5.41, 5.74) is 2.95. The lowest BCUT2D eigenvalue weighted by Crippen LogP contribution is -3.00. The molecular weight excluding hydrogens is 461 g/mol. The van der Waals surface area contributed by atoms with Crippen molar-refractivity contribution in [2.45, 2.75) is 19.7 Å². The molecule has 0 aromatic heterocycles. The maximum absolute atomic E-state index is 6.27. The van der Waals surface area contributed by atoms with Gasteiger partial charge in [0, 0.05) is 34.3 Å². The third kappa shape index (κ3) is 5.69. The van der Waals surface area contributed by atoms with Gasteiger partial charge in [0.05, 0.1) is 7.11 Å². The van der Waals surface area contributed by atoms with Crippen LogP contribution in [-0.4, -0.2) is 13.9 Å². The van der Waals surface area contributed by atoms with Gasteiger partial charge in [-0.05, 0) is 35.9 Å². The molecule has 0 amide bonds. The number of para-hydroxylation sites is 1. The molecule has 8 heteroatoms. The minimum Gasteiger partial charge on any atom is -1.00 e. The lowest BCUT2D eigenvalue weighted by atomic mass is 10.1. The van der Waals surface area contributed by atoms with Crippen LogP contribution in [-0.2, 0) is 19.7 Å². The van der Waals surface area contributed by atoms with Crippen LogP contribution in [0.4, 0.5) is 0 Å². The second-order valence-electron chi connectivity index (χ2n) is 6.76. The van der Waals surface area contributed by atoms with Gasteiger partial charge in [-0.1, -0.05) is 47.5 Å². The zero-order chi connectivity index (χ0) is 20.9. The number of nitrogens with one attached hydrogen (secondary N) is 1. The molecule has 0 bridgehead atoms. The molecule has 1 heterocycles. The Hall–Kier alpha value is -2.31. The number of methoxy groups -OCH3 is 1. The molecule has 1 N–H and O–H groups in total. The van der Waals surface area contributed by atoms with Crippen molar-refractivity contribution in [3.8, 4) is 23.0 Å². The molecule has 0 spiro atoms. The van der Waals surface area contributed by atoms with Gasteiger partial charge in [-0.25, -0.2) is 0 Å². The number of hydrogen-bond acceptors (Lipinski definition) is 5. The smallest absolute Gasteiger partial charge is 0.231 e. The third-order valence-corrected chi connectivity index (χ3v) is 5.34. The van der Waals surface area contributed by atoms with Gasteiger partial charge in [0.25, 0.3) is 0 Å². The average Bonchev–Trinajstić information content (AvgIpc) is 3.21. The summed E-state index contributed by atoms with van der Waals surface area (Å²) in [6.07, 6.45) is 0. The Morgan fingerprint density at radius 3 is 2.58 bits per heavy atom. The molecule has 5 nitrogen and oxygen atoms in total. The first kappa shape index (κ1) is 23.4. The lowest BCUT2D eigenvalue weighted by Gasteiger charge is -2.16. The van der Waals surface area contributed by atoms with E-state index in [0.29, 0.717) is 41.2 Å². The molecule has 0 atom stereocenters. The minimum atomic E-state index is 0. The topological polar surface area (TPSA) is 49.0 Å². The van der Waals surface area contributed by atoms with Crippen molar-refractivity contribution in [1.82, 2.24) is 5.32 Å². The largest absolute Gasteiger partial charge is 1.00 e. The highest BCUT2D eigenvalue weighted by atomic mass is 35.5. The summed E-state index contributed by atoms with van der Waals surface area (Å²) in [6.45, 7) is 1.87. The maximum atomic E-state index is 6.27. The number of halogens is 3. The van der Waals surface area contributed by atoms with Crippen molar-refractivity contribution in [2.24, 2.45) is 0 Å². The van der Waals surface area contributed by atoms with Crippen molar-refractivity contribution >= 4 is 23.2 Å². The van der Waals surface area contributed by atoms with Gasteiger partial charge < -0.3 is 36.7 Å². The van der Waals surface area contributed by atoms with E-state index in [2.05, 4.69) is 5.32 Å². The monoisotopic (exact) mass is 480 g/mol. The van der Waals surface area contributed by atoms with E-state index in [1.165, 1.54) is 0 Å². The number of rotatable bonds is 8. The second kappa shape index (κ2) is 10.8. The number of ether oxygens (including phenoxy) is 4. The minimum absolute atomic E-state index is 0. The Morgan fingerprint density at radius 2 is 1.77 bits per heavy atom. The van der Waals surface area contributed by atoms with Gasteiger partial charge >= 0.3 is 0 Å². The Balaban J connectivity index is 0.00000272. The second-order valence-corrected chi connectivity index (χ2v) is 7.61. The number of fused-ring (bicyclic) bond motifs is 1. The standard InChI is InChI=1S/C23H21Cl2NO4.ClH/c1-27-21-4-2-3-16(23(21)28-13-17-6-7-18(24)10-19(17)25)12-26-11-15-5-8-20-22(9-15)30-14-29-20;/h2-10,26H,11-14H2,1H3;1H/p-1. The summed E-state index contributed by atoms with van der Waals surface area (Å²) in [6, 6.07) is 17.1. The molecule has 164 valence electrons. The Labute approximate surface area is 197 Å².